The van der Waals surface area contributed by atoms with Crippen LogP contribution in [0.25, 0.3) is 0 Å². The van der Waals surface area contributed by atoms with Gasteiger partial charge in [0.05, 0.1) is 13.0 Å². The summed E-state index contributed by atoms with van der Waals surface area (Å²) in [6.07, 6.45) is 0.812. The summed E-state index contributed by atoms with van der Waals surface area (Å²) < 4.78 is 10.4. The molecule has 0 bridgehead atoms. The lowest BCUT2D eigenvalue weighted by Gasteiger charge is -2.06. The lowest BCUT2D eigenvalue weighted by atomic mass is 10.3. The third kappa shape index (κ3) is 4.23. The second-order valence-electron chi connectivity index (χ2n) is 3.18. The van der Waals surface area contributed by atoms with E-state index < -0.39 is 0 Å². The zero-order valence-corrected chi connectivity index (χ0v) is 8.69. The van der Waals surface area contributed by atoms with Crippen LogP contribution in [0.2, 0.25) is 0 Å². The highest BCUT2D eigenvalue weighted by Crippen LogP contribution is 2.09. The quantitative estimate of drug-likeness (QED) is 0.231. The summed E-state index contributed by atoms with van der Waals surface area (Å²) >= 11 is 0. The summed E-state index contributed by atoms with van der Waals surface area (Å²) in [5, 5.41) is 3.57. The highest BCUT2D eigenvalue weighted by atomic mass is 16.6. The van der Waals surface area contributed by atoms with E-state index in [2.05, 4.69) is 10.1 Å². The fourth-order valence-corrected chi connectivity index (χ4v) is 1.03. The van der Waals surface area contributed by atoms with Crippen molar-refractivity contribution in [1.82, 2.24) is 0 Å². The third-order valence-corrected chi connectivity index (χ3v) is 1.82. The van der Waals surface area contributed by atoms with Crippen molar-refractivity contribution >= 4 is 11.6 Å². The van der Waals surface area contributed by atoms with Crippen molar-refractivity contribution in [1.29, 1.82) is 0 Å². The van der Waals surface area contributed by atoms with Crippen molar-refractivity contribution in [2.24, 2.45) is 15.9 Å². The number of aliphatic imine (C=N–C) groups is 1. The number of hydrogen-bond donors (Lipinski definition) is 1. The smallest absolute Gasteiger partial charge is 0.211 e. The van der Waals surface area contributed by atoms with Gasteiger partial charge in [-0.15, -0.1) is 5.10 Å². The molecule has 0 aromatic carbocycles. The molecular formula is C9H17N3O2. The molecule has 1 fully saturated rings. The molecular weight excluding hydrogens is 182 g/mol. The number of hydrazone groups is 1. The van der Waals surface area contributed by atoms with E-state index in [4.69, 9.17) is 15.3 Å². The largest absolute Gasteiger partial charge is 0.477 e. The molecule has 0 aromatic rings. The van der Waals surface area contributed by atoms with Gasteiger partial charge in [-0.3, -0.25) is 4.99 Å². The number of rotatable bonds is 5. The summed E-state index contributed by atoms with van der Waals surface area (Å²) in [5.74, 6) is 5.71. The van der Waals surface area contributed by atoms with E-state index in [0.29, 0.717) is 18.9 Å². The van der Waals surface area contributed by atoms with Crippen molar-refractivity contribution in [3.63, 3.8) is 0 Å². The molecule has 5 nitrogen and oxygen atoms in total. The van der Waals surface area contributed by atoms with Gasteiger partial charge in [-0.25, -0.2) is 0 Å². The van der Waals surface area contributed by atoms with Crippen LogP contribution in [0.5, 0.6) is 0 Å². The predicted molar refractivity (Wildman–Crippen MR) is 55.6 cm³/mol. The molecule has 0 aromatic heterocycles. The van der Waals surface area contributed by atoms with Crippen molar-refractivity contribution in [2.45, 2.75) is 26.4 Å². The molecule has 1 aliphatic heterocycles. The van der Waals surface area contributed by atoms with E-state index >= 15 is 0 Å². The highest BCUT2D eigenvalue weighted by molar-refractivity contribution is 5.99. The maximum atomic E-state index is 5.35. The van der Waals surface area contributed by atoms with Gasteiger partial charge in [-0.1, -0.05) is 0 Å². The van der Waals surface area contributed by atoms with Crippen LogP contribution in [0.15, 0.2) is 10.1 Å². The molecule has 1 saturated heterocycles. The monoisotopic (exact) mass is 199 g/mol. The van der Waals surface area contributed by atoms with Crippen LogP contribution in [0.4, 0.5) is 0 Å². The summed E-state index contributed by atoms with van der Waals surface area (Å²) in [4.78, 5) is 4.22. The van der Waals surface area contributed by atoms with E-state index in [-0.39, 0.29) is 6.10 Å². The first-order chi connectivity index (χ1) is 6.76. The average Bonchev–Trinajstić information content (AvgIpc) is 2.96. The minimum absolute atomic E-state index is 0.232. The average molecular weight is 199 g/mol. The van der Waals surface area contributed by atoms with Crippen molar-refractivity contribution in [2.75, 3.05) is 19.8 Å². The molecule has 0 amide bonds. The Balaban J connectivity index is 2.26. The van der Waals surface area contributed by atoms with Crippen LogP contribution >= 0.6 is 0 Å². The van der Waals surface area contributed by atoms with Gasteiger partial charge in [0.15, 0.2) is 0 Å². The van der Waals surface area contributed by atoms with E-state index in [1.54, 1.807) is 0 Å². The fraction of sp³-hybridized carbons (Fsp3) is 0.778. The predicted octanol–water partition coefficient (Wildman–Crippen LogP) is 0.545. The Kier molecular flexibility index (Phi) is 4.39. The van der Waals surface area contributed by atoms with Crippen molar-refractivity contribution in [3.8, 4) is 0 Å². The molecule has 1 atom stereocenters. The zero-order chi connectivity index (χ0) is 10.4. The van der Waals surface area contributed by atoms with Crippen LogP contribution in [0.1, 0.15) is 20.3 Å². The van der Waals surface area contributed by atoms with Crippen LogP contribution in [0, 0.1) is 0 Å². The Morgan fingerprint density at radius 3 is 2.86 bits per heavy atom. The van der Waals surface area contributed by atoms with Gasteiger partial charge >= 0.3 is 0 Å². The molecule has 80 valence electrons. The Morgan fingerprint density at radius 2 is 2.36 bits per heavy atom. The number of nitrogens with zero attached hydrogens (tertiary/aromatic N) is 2. The van der Waals surface area contributed by atoms with Crippen LogP contribution in [-0.4, -0.2) is 37.5 Å². The number of nitrogens with two attached hydrogens (primary N) is 1. The lowest BCUT2D eigenvalue weighted by molar-refractivity contribution is 0.249. The molecule has 1 rings (SSSR count). The van der Waals surface area contributed by atoms with Crippen LogP contribution < -0.4 is 5.84 Å². The van der Waals surface area contributed by atoms with E-state index in [1.165, 1.54) is 0 Å². The number of epoxide rings is 1. The SMILES string of the molecule is CCN=C(C)CC(=NN)OCC1CO1. The molecule has 0 saturated carbocycles. The second-order valence-corrected chi connectivity index (χ2v) is 3.18. The molecule has 14 heavy (non-hydrogen) atoms. The van der Waals surface area contributed by atoms with Gasteiger partial charge in [0.2, 0.25) is 5.90 Å². The molecule has 0 spiro atoms. The third-order valence-electron chi connectivity index (χ3n) is 1.82. The van der Waals surface area contributed by atoms with E-state index in [0.717, 1.165) is 18.9 Å². The van der Waals surface area contributed by atoms with Gasteiger partial charge in [-0.05, 0) is 13.8 Å². The summed E-state index contributed by atoms with van der Waals surface area (Å²) in [6.45, 7) is 6.01. The molecule has 1 aliphatic rings. The minimum Gasteiger partial charge on any atom is -0.477 e. The maximum Gasteiger partial charge on any atom is 0.211 e. The van der Waals surface area contributed by atoms with Gasteiger partial charge in [0.1, 0.15) is 12.7 Å². The first-order valence-electron chi connectivity index (χ1n) is 4.77. The fourth-order valence-electron chi connectivity index (χ4n) is 1.03. The Morgan fingerprint density at radius 1 is 1.64 bits per heavy atom. The second kappa shape index (κ2) is 5.59. The maximum absolute atomic E-state index is 5.35. The van der Waals surface area contributed by atoms with Gasteiger partial charge in [0.25, 0.3) is 0 Å². The number of hydrogen-bond acceptors (Lipinski definition) is 5. The molecule has 0 aliphatic carbocycles. The summed E-state index contributed by atoms with van der Waals surface area (Å²) in [7, 11) is 0. The standard InChI is InChI=1S/C9H17N3O2/c1-3-11-7(2)4-9(12-10)14-6-8-5-13-8/h8H,3-6,10H2,1-2H3. The normalized spacial score (nSPS) is 22.3. The highest BCUT2D eigenvalue weighted by Gasteiger charge is 2.23. The van der Waals surface area contributed by atoms with Crippen LogP contribution in [0.3, 0.4) is 0 Å². The van der Waals surface area contributed by atoms with Crippen molar-refractivity contribution < 1.29 is 9.47 Å². The van der Waals surface area contributed by atoms with Crippen molar-refractivity contribution in [3.05, 3.63) is 0 Å². The van der Waals surface area contributed by atoms with Gasteiger partial charge in [-0.2, -0.15) is 0 Å². The molecule has 2 N–H and O–H groups in total. The Hall–Kier alpha value is -1.10. The minimum atomic E-state index is 0.232. The molecule has 5 heteroatoms. The lowest BCUT2D eigenvalue weighted by Crippen LogP contribution is -2.15. The van der Waals surface area contributed by atoms with E-state index in [1.807, 2.05) is 13.8 Å². The van der Waals surface area contributed by atoms with E-state index in [9.17, 15) is 0 Å². The number of ether oxygens (including phenoxy) is 2. The van der Waals surface area contributed by atoms with Gasteiger partial charge < -0.3 is 15.3 Å². The summed E-state index contributed by atoms with van der Waals surface area (Å²) in [6, 6.07) is 0. The Labute approximate surface area is 84.0 Å². The first-order valence-corrected chi connectivity index (χ1v) is 4.77. The summed E-state index contributed by atoms with van der Waals surface area (Å²) in [5.41, 5.74) is 0.980. The topological polar surface area (TPSA) is 72.5 Å². The zero-order valence-electron chi connectivity index (χ0n) is 8.69. The molecule has 1 unspecified atom stereocenters. The molecule has 0 radical (unpaired) electrons. The van der Waals surface area contributed by atoms with Gasteiger partial charge in [0, 0.05) is 12.3 Å². The van der Waals surface area contributed by atoms with Crippen LogP contribution in [-0.2, 0) is 9.47 Å². The first kappa shape index (κ1) is 11.0. The molecule has 1 heterocycles. The Bertz CT molecular complexity index is 234.